The number of halogens is 3. The number of ether oxygens (including phenoxy) is 1. The molecule has 4 amide bonds. The van der Waals surface area contributed by atoms with Gasteiger partial charge in [0, 0.05) is 32.2 Å². The molecule has 4 rings (SSSR count). The molecule has 0 bridgehead atoms. The highest BCUT2D eigenvalue weighted by Gasteiger charge is 2.23. The van der Waals surface area contributed by atoms with Crippen molar-refractivity contribution in [3.8, 4) is 5.75 Å². The van der Waals surface area contributed by atoms with E-state index in [-0.39, 0.29) is 11.7 Å². The van der Waals surface area contributed by atoms with E-state index in [0.29, 0.717) is 59.2 Å². The fourth-order valence-electron chi connectivity index (χ4n) is 3.65. The van der Waals surface area contributed by atoms with Crippen LogP contribution in [-0.2, 0) is 0 Å². The first kappa shape index (κ1) is 25.3. The third-order valence-corrected chi connectivity index (χ3v) is 6.13. The minimum Gasteiger partial charge on any atom is -0.495 e. The van der Waals surface area contributed by atoms with Crippen molar-refractivity contribution >= 4 is 58.1 Å². The first-order valence-electron chi connectivity index (χ1n) is 11.0. The first-order valence-corrected chi connectivity index (χ1v) is 11.7. The van der Waals surface area contributed by atoms with Gasteiger partial charge in [0.05, 0.1) is 40.4 Å². The van der Waals surface area contributed by atoms with Crippen molar-refractivity contribution in [2.75, 3.05) is 54.1 Å². The van der Waals surface area contributed by atoms with Gasteiger partial charge in [-0.3, -0.25) is 0 Å². The standard InChI is InChI=1S/C24H23Cl2FN6O3/c1-36-20-7-5-15(27)13-19(20)30-23(34)29-16-6-8-21(28-14-16)32-9-11-33(12-10-32)24(35)31-22-17(25)3-2-4-18(22)26/h2-8,13-14H,9-12H2,1H3,(H,31,35)(H2,29,30,34). The summed E-state index contributed by atoms with van der Waals surface area (Å²) in [6, 6.07) is 11.5. The van der Waals surface area contributed by atoms with Crippen molar-refractivity contribution in [3.63, 3.8) is 0 Å². The van der Waals surface area contributed by atoms with Crippen LogP contribution >= 0.6 is 23.2 Å². The number of carbonyl (C=O) groups excluding carboxylic acids is 2. The molecule has 1 saturated heterocycles. The number of pyridine rings is 1. The van der Waals surface area contributed by atoms with Gasteiger partial charge in [-0.05, 0) is 36.4 Å². The highest BCUT2D eigenvalue weighted by atomic mass is 35.5. The zero-order chi connectivity index (χ0) is 25.7. The molecule has 1 aliphatic rings. The number of nitrogens with one attached hydrogen (secondary N) is 3. The molecule has 36 heavy (non-hydrogen) atoms. The molecule has 1 aromatic heterocycles. The second-order valence-corrected chi connectivity index (χ2v) is 8.64. The van der Waals surface area contributed by atoms with Gasteiger partial charge in [-0.15, -0.1) is 0 Å². The van der Waals surface area contributed by atoms with Crippen LogP contribution in [0.3, 0.4) is 0 Å². The maximum Gasteiger partial charge on any atom is 0.323 e. The van der Waals surface area contributed by atoms with Crippen LogP contribution in [0, 0.1) is 5.82 Å². The predicted molar refractivity (Wildman–Crippen MR) is 139 cm³/mol. The summed E-state index contributed by atoms with van der Waals surface area (Å²) < 4.78 is 18.6. The molecule has 1 aliphatic heterocycles. The number of piperazine rings is 1. The number of hydrogen-bond donors (Lipinski definition) is 3. The summed E-state index contributed by atoms with van der Waals surface area (Å²) in [5.74, 6) is 0.548. The summed E-state index contributed by atoms with van der Waals surface area (Å²) >= 11 is 12.3. The average Bonchev–Trinajstić information content (AvgIpc) is 2.87. The van der Waals surface area contributed by atoms with Gasteiger partial charge in [-0.2, -0.15) is 0 Å². The van der Waals surface area contributed by atoms with E-state index in [1.807, 2.05) is 4.90 Å². The number of rotatable bonds is 5. The molecular weight excluding hydrogens is 510 g/mol. The quantitative estimate of drug-likeness (QED) is 0.401. The lowest BCUT2D eigenvalue weighted by atomic mass is 10.3. The molecule has 0 saturated carbocycles. The molecule has 0 unspecified atom stereocenters. The second-order valence-electron chi connectivity index (χ2n) is 7.83. The number of urea groups is 2. The number of nitrogens with zero attached hydrogens (tertiary/aromatic N) is 3. The number of hydrogen-bond acceptors (Lipinski definition) is 5. The molecule has 9 nitrogen and oxygen atoms in total. The van der Waals surface area contributed by atoms with Crippen LogP contribution in [0.15, 0.2) is 54.7 Å². The summed E-state index contributed by atoms with van der Waals surface area (Å²) in [7, 11) is 1.43. The summed E-state index contributed by atoms with van der Waals surface area (Å²) in [5, 5.41) is 8.72. The molecule has 0 aliphatic carbocycles. The second kappa shape index (κ2) is 11.3. The lowest BCUT2D eigenvalue weighted by Gasteiger charge is -2.35. The third kappa shape index (κ3) is 6.07. The largest absolute Gasteiger partial charge is 0.495 e. The molecule has 12 heteroatoms. The number of amides is 4. The van der Waals surface area contributed by atoms with Gasteiger partial charge < -0.3 is 30.5 Å². The van der Waals surface area contributed by atoms with Crippen LogP contribution in [-0.4, -0.2) is 55.2 Å². The van der Waals surface area contributed by atoms with E-state index in [1.54, 1.807) is 35.2 Å². The van der Waals surface area contributed by atoms with E-state index in [0.717, 1.165) is 0 Å². The highest BCUT2D eigenvalue weighted by Crippen LogP contribution is 2.30. The van der Waals surface area contributed by atoms with Crippen LogP contribution in [0.25, 0.3) is 0 Å². The van der Waals surface area contributed by atoms with E-state index in [1.165, 1.54) is 31.5 Å². The Morgan fingerprint density at radius 1 is 0.972 bits per heavy atom. The molecule has 2 aromatic carbocycles. The average molecular weight is 533 g/mol. The molecule has 3 aromatic rings. The molecule has 2 heterocycles. The smallest absolute Gasteiger partial charge is 0.323 e. The van der Waals surface area contributed by atoms with Crippen molar-refractivity contribution in [2.24, 2.45) is 0 Å². The Morgan fingerprint density at radius 2 is 1.69 bits per heavy atom. The molecule has 0 radical (unpaired) electrons. The fraction of sp³-hybridized carbons (Fsp3) is 0.208. The minimum atomic E-state index is -0.563. The zero-order valence-corrected chi connectivity index (χ0v) is 20.7. The van der Waals surface area contributed by atoms with Crippen LogP contribution in [0.5, 0.6) is 5.75 Å². The molecular formula is C24H23Cl2FN6O3. The van der Waals surface area contributed by atoms with Crippen LogP contribution in [0.2, 0.25) is 10.0 Å². The van der Waals surface area contributed by atoms with E-state index in [4.69, 9.17) is 27.9 Å². The third-order valence-electron chi connectivity index (χ3n) is 5.50. The number of benzene rings is 2. The van der Waals surface area contributed by atoms with Crippen molar-refractivity contribution in [2.45, 2.75) is 0 Å². The van der Waals surface area contributed by atoms with Gasteiger partial charge in [-0.25, -0.2) is 19.0 Å². The first-order chi connectivity index (χ1) is 17.3. The van der Waals surface area contributed by atoms with Crippen LogP contribution in [0.1, 0.15) is 0 Å². The Kier molecular flexibility index (Phi) is 7.97. The number of para-hydroxylation sites is 1. The SMILES string of the molecule is COc1ccc(F)cc1NC(=O)Nc1ccc(N2CCN(C(=O)Nc3c(Cl)cccc3Cl)CC2)nc1. The lowest BCUT2D eigenvalue weighted by Crippen LogP contribution is -2.50. The highest BCUT2D eigenvalue weighted by molar-refractivity contribution is 6.39. The van der Waals surface area contributed by atoms with Crippen molar-refractivity contribution in [1.29, 1.82) is 0 Å². The summed E-state index contributed by atoms with van der Waals surface area (Å²) in [4.78, 5) is 33.1. The Bertz CT molecular complexity index is 1230. The summed E-state index contributed by atoms with van der Waals surface area (Å²) in [6.07, 6.45) is 1.52. The number of aromatic nitrogens is 1. The maximum absolute atomic E-state index is 13.5. The van der Waals surface area contributed by atoms with Gasteiger partial charge in [0.25, 0.3) is 0 Å². The van der Waals surface area contributed by atoms with Gasteiger partial charge >= 0.3 is 12.1 Å². The lowest BCUT2D eigenvalue weighted by molar-refractivity contribution is 0.208. The Hall–Kier alpha value is -3.76. The van der Waals surface area contributed by atoms with E-state index in [9.17, 15) is 14.0 Å². The predicted octanol–water partition coefficient (Wildman–Crippen LogP) is 5.53. The van der Waals surface area contributed by atoms with Gasteiger partial charge in [0.2, 0.25) is 0 Å². The number of methoxy groups -OCH3 is 1. The monoisotopic (exact) mass is 532 g/mol. The van der Waals surface area contributed by atoms with Crippen molar-refractivity contribution in [1.82, 2.24) is 9.88 Å². The van der Waals surface area contributed by atoms with Gasteiger partial charge in [0.15, 0.2) is 0 Å². The van der Waals surface area contributed by atoms with E-state index in [2.05, 4.69) is 20.9 Å². The minimum absolute atomic E-state index is 0.207. The summed E-state index contributed by atoms with van der Waals surface area (Å²) in [5.41, 5.74) is 1.05. The van der Waals surface area contributed by atoms with Crippen molar-refractivity contribution in [3.05, 3.63) is 70.6 Å². The Balaban J connectivity index is 1.29. The number of anilines is 4. The molecule has 0 spiro atoms. The van der Waals surface area contributed by atoms with Gasteiger partial charge in [-0.1, -0.05) is 29.3 Å². The topological polar surface area (TPSA) is 98.8 Å². The Morgan fingerprint density at radius 3 is 2.33 bits per heavy atom. The molecule has 0 atom stereocenters. The fourth-order valence-corrected chi connectivity index (χ4v) is 4.14. The number of carbonyl (C=O) groups is 2. The maximum atomic E-state index is 13.5. The Labute approximate surface area is 217 Å². The molecule has 1 fully saturated rings. The summed E-state index contributed by atoms with van der Waals surface area (Å²) in [6.45, 7) is 2.10. The van der Waals surface area contributed by atoms with Crippen LogP contribution < -0.4 is 25.6 Å². The van der Waals surface area contributed by atoms with E-state index < -0.39 is 11.8 Å². The van der Waals surface area contributed by atoms with Gasteiger partial charge in [0.1, 0.15) is 17.4 Å². The van der Waals surface area contributed by atoms with E-state index >= 15 is 0 Å². The molecule has 188 valence electrons. The molecule has 3 N–H and O–H groups in total. The van der Waals surface area contributed by atoms with Crippen molar-refractivity contribution < 1.29 is 18.7 Å². The van der Waals surface area contributed by atoms with Crippen LogP contribution in [0.4, 0.5) is 36.9 Å². The zero-order valence-electron chi connectivity index (χ0n) is 19.2. The normalized spacial score (nSPS) is 13.2.